The molecule has 1 aliphatic heterocycles. The fourth-order valence-corrected chi connectivity index (χ4v) is 3.17. The first-order valence-corrected chi connectivity index (χ1v) is 7.79. The highest BCUT2D eigenvalue weighted by molar-refractivity contribution is 5.80. The molecule has 1 fully saturated rings. The molecule has 6 N–H and O–H groups in total. The van der Waals surface area contributed by atoms with Crippen LogP contribution in [0.2, 0.25) is 0 Å². The Kier molecular flexibility index (Phi) is 3.42. The number of nitrogen functional groups attached to an aromatic ring is 1. The van der Waals surface area contributed by atoms with Crippen LogP contribution in [0.4, 0.5) is 5.82 Å². The van der Waals surface area contributed by atoms with Gasteiger partial charge in [0, 0.05) is 35.9 Å². The summed E-state index contributed by atoms with van der Waals surface area (Å²) in [4.78, 5) is 16.0. The second-order valence-corrected chi connectivity index (χ2v) is 6.02. The fourth-order valence-electron chi connectivity index (χ4n) is 3.17. The van der Waals surface area contributed by atoms with Crippen molar-refractivity contribution >= 4 is 17.4 Å². The summed E-state index contributed by atoms with van der Waals surface area (Å²) < 4.78 is 1.62. The van der Waals surface area contributed by atoms with E-state index in [1.807, 2.05) is 6.07 Å². The molecule has 0 saturated carbocycles. The van der Waals surface area contributed by atoms with Crippen LogP contribution in [0, 0.1) is 0 Å². The third-order valence-corrected chi connectivity index (χ3v) is 4.50. The van der Waals surface area contributed by atoms with Crippen molar-refractivity contribution in [3.8, 4) is 11.1 Å². The van der Waals surface area contributed by atoms with Crippen molar-refractivity contribution in [2.24, 2.45) is 5.73 Å². The third kappa shape index (κ3) is 2.38. The van der Waals surface area contributed by atoms with Gasteiger partial charge in [-0.3, -0.25) is 9.89 Å². The number of amides is 1. The van der Waals surface area contributed by atoms with E-state index in [1.165, 1.54) is 0 Å². The van der Waals surface area contributed by atoms with Crippen molar-refractivity contribution in [3.05, 3.63) is 30.4 Å². The van der Waals surface area contributed by atoms with Gasteiger partial charge in [0.1, 0.15) is 5.82 Å². The first-order chi connectivity index (χ1) is 11.6. The van der Waals surface area contributed by atoms with E-state index in [2.05, 4.69) is 20.6 Å². The van der Waals surface area contributed by atoms with Crippen LogP contribution < -0.4 is 16.8 Å². The molecule has 0 unspecified atom stereocenters. The molecule has 1 aliphatic rings. The summed E-state index contributed by atoms with van der Waals surface area (Å²) >= 11 is 0. The number of nitrogens with zero attached hydrogens (tertiary/aromatic N) is 4. The molecule has 4 heterocycles. The van der Waals surface area contributed by atoms with Crippen LogP contribution in [0.3, 0.4) is 0 Å². The number of H-pyrrole nitrogens is 1. The molecule has 0 bridgehead atoms. The summed E-state index contributed by atoms with van der Waals surface area (Å²) in [6.07, 6.45) is 6.77. The lowest BCUT2D eigenvalue weighted by Crippen LogP contribution is -2.46. The lowest BCUT2D eigenvalue weighted by molar-refractivity contribution is -0.120. The molecule has 1 amide bonds. The van der Waals surface area contributed by atoms with Crippen molar-refractivity contribution in [2.75, 3.05) is 12.3 Å². The van der Waals surface area contributed by atoms with E-state index < -0.39 is 0 Å². The molecular formula is C15H18N8O. The number of primary amides is 1. The molecule has 124 valence electrons. The topological polar surface area (TPSA) is 140 Å². The monoisotopic (exact) mass is 326 g/mol. The summed E-state index contributed by atoms with van der Waals surface area (Å²) in [5.74, 6) is 0.399. The van der Waals surface area contributed by atoms with E-state index in [9.17, 15) is 4.79 Å². The fraction of sp³-hybridized carbons (Fsp3) is 0.333. The molecule has 2 atom stereocenters. The molecule has 9 nitrogen and oxygen atoms in total. The van der Waals surface area contributed by atoms with Gasteiger partial charge in [-0.15, -0.1) is 0 Å². The molecular weight excluding hydrogens is 308 g/mol. The number of fused-ring (bicyclic) bond motifs is 1. The number of aromatic amines is 1. The van der Waals surface area contributed by atoms with Gasteiger partial charge in [0.15, 0.2) is 5.65 Å². The molecule has 3 aromatic heterocycles. The molecule has 1 saturated heterocycles. The Hall–Kier alpha value is -2.94. The van der Waals surface area contributed by atoms with Crippen LogP contribution in [0.15, 0.2) is 24.7 Å². The number of anilines is 1. The van der Waals surface area contributed by atoms with E-state index >= 15 is 0 Å². The van der Waals surface area contributed by atoms with Gasteiger partial charge < -0.3 is 16.8 Å². The van der Waals surface area contributed by atoms with Crippen molar-refractivity contribution in [2.45, 2.75) is 24.8 Å². The van der Waals surface area contributed by atoms with Gasteiger partial charge in [0.2, 0.25) is 5.91 Å². The van der Waals surface area contributed by atoms with Gasteiger partial charge in [-0.1, -0.05) is 0 Å². The minimum atomic E-state index is -0.311. The first kappa shape index (κ1) is 14.6. The Balaban J connectivity index is 1.70. The van der Waals surface area contributed by atoms with Crippen molar-refractivity contribution in [1.29, 1.82) is 0 Å². The lowest BCUT2D eigenvalue weighted by atomic mass is 9.91. The van der Waals surface area contributed by atoms with E-state index in [0.29, 0.717) is 24.4 Å². The normalized spacial score (nSPS) is 21.2. The lowest BCUT2D eigenvalue weighted by Gasteiger charge is -2.27. The maximum Gasteiger partial charge on any atom is 0.234 e. The highest BCUT2D eigenvalue weighted by atomic mass is 16.1. The number of nitrogens with two attached hydrogens (primary N) is 2. The van der Waals surface area contributed by atoms with Crippen LogP contribution in [0.1, 0.15) is 24.5 Å². The quantitative estimate of drug-likeness (QED) is 0.535. The van der Waals surface area contributed by atoms with E-state index in [0.717, 1.165) is 23.2 Å². The smallest absolute Gasteiger partial charge is 0.234 e. The maximum absolute atomic E-state index is 11.3. The molecule has 0 spiro atoms. The number of aromatic nitrogens is 5. The van der Waals surface area contributed by atoms with Crippen molar-refractivity contribution in [3.63, 3.8) is 0 Å². The Bertz CT molecular complexity index is 876. The number of carbonyl (C=O) groups is 1. The van der Waals surface area contributed by atoms with Crippen LogP contribution in [-0.4, -0.2) is 43.3 Å². The van der Waals surface area contributed by atoms with Crippen LogP contribution in [0.5, 0.6) is 0 Å². The van der Waals surface area contributed by atoms with E-state index in [4.69, 9.17) is 16.5 Å². The zero-order valence-corrected chi connectivity index (χ0v) is 12.9. The minimum absolute atomic E-state index is 0.181. The molecule has 24 heavy (non-hydrogen) atoms. The average Bonchev–Trinajstić information content (AvgIpc) is 3.24. The summed E-state index contributed by atoms with van der Waals surface area (Å²) in [5, 5.41) is 14.2. The second-order valence-electron chi connectivity index (χ2n) is 6.02. The number of nitrogens with one attached hydrogen (secondary N) is 2. The van der Waals surface area contributed by atoms with Gasteiger partial charge in [-0.25, -0.2) is 4.98 Å². The number of carbonyl (C=O) groups excluding carboxylic acids is 1. The number of hydrogen-bond donors (Lipinski definition) is 4. The number of rotatable bonds is 3. The first-order valence-electron chi connectivity index (χ1n) is 7.79. The summed E-state index contributed by atoms with van der Waals surface area (Å²) in [6, 6.07) is 1.58. The predicted molar refractivity (Wildman–Crippen MR) is 87.9 cm³/mol. The molecule has 0 aromatic carbocycles. The summed E-state index contributed by atoms with van der Waals surface area (Å²) in [6.45, 7) is 0.644. The Morgan fingerprint density at radius 1 is 1.33 bits per heavy atom. The molecule has 0 aliphatic carbocycles. The van der Waals surface area contributed by atoms with Gasteiger partial charge in [0.25, 0.3) is 0 Å². The average molecular weight is 326 g/mol. The van der Waals surface area contributed by atoms with E-state index in [1.54, 1.807) is 23.1 Å². The van der Waals surface area contributed by atoms with Gasteiger partial charge >= 0.3 is 0 Å². The maximum atomic E-state index is 11.3. The summed E-state index contributed by atoms with van der Waals surface area (Å²) in [5.41, 5.74) is 14.9. The highest BCUT2D eigenvalue weighted by Gasteiger charge is 2.26. The second kappa shape index (κ2) is 5.60. The Labute approximate surface area is 137 Å². The molecule has 4 rings (SSSR count). The van der Waals surface area contributed by atoms with Gasteiger partial charge in [0.05, 0.1) is 24.1 Å². The van der Waals surface area contributed by atoms with Crippen molar-refractivity contribution < 1.29 is 4.79 Å². The molecule has 0 radical (unpaired) electrons. The van der Waals surface area contributed by atoms with Crippen molar-refractivity contribution in [1.82, 2.24) is 30.1 Å². The van der Waals surface area contributed by atoms with E-state index in [-0.39, 0.29) is 17.9 Å². The molecule has 9 heteroatoms. The van der Waals surface area contributed by atoms with Crippen LogP contribution in [-0.2, 0) is 4.79 Å². The Morgan fingerprint density at radius 2 is 2.21 bits per heavy atom. The number of piperidine rings is 1. The predicted octanol–water partition coefficient (Wildman–Crippen LogP) is 0.0225. The molecule has 3 aromatic rings. The zero-order valence-electron chi connectivity index (χ0n) is 12.9. The van der Waals surface area contributed by atoms with Crippen LogP contribution in [0.25, 0.3) is 16.8 Å². The Morgan fingerprint density at radius 3 is 2.88 bits per heavy atom. The van der Waals surface area contributed by atoms with Gasteiger partial charge in [-0.2, -0.15) is 14.7 Å². The summed E-state index contributed by atoms with van der Waals surface area (Å²) in [7, 11) is 0. The largest absolute Gasteiger partial charge is 0.384 e. The third-order valence-electron chi connectivity index (χ3n) is 4.50. The van der Waals surface area contributed by atoms with Crippen LogP contribution >= 0.6 is 0 Å². The zero-order chi connectivity index (χ0) is 16.7. The number of hydrogen-bond acceptors (Lipinski definition) is 6. The standard InChI is InChI=1S/C15H18N8O/c16-13-3-12(8-1-2-11(14(17)24)18-4-8)22-15-10(7-21-23(13)15)9-5-19-20-6-9/h3,5-8,11,18H,1-2,4,16H2,(H2,17,24)(H,19,20)/t8-,11-/m0/s1. The minimum Gasteiger partial charge on any atom is -0.384 e. The SMILES string of the molecule is NC(=O)[C@@H]1CC[C@H](c2cc(N)n3ncc(-c4cn[nH]c4)c3n2)CN1. The highest BCUT2D eigenvalue weighted by Crippen LogP contribution is 2.29. The van der Waals surface area contributed by atoms with Gasteiger partial charge in [-0.05, 0) is 12.8 Å².